The molecule has 0 aliphatic carbocycles. The summed E-state index contributed by atoms with van der Waals surface area (Å²) in [6.45, 7) is 5.63. The third-order valence-electron chi connectivity index (χ3n) is 3.16. The number of anilines is 1. The topological polar surface area (TPSA) is 71.3 Å². The molecule has 1 aromatic heterocycles. The molecule has 2 amide bonds. The fourth-order valence-corrected chi connectivity index (χ4v) is 1.83. The summed E-state index contributed by atoms with van der Waals surface area (Å²) in [5.74, 6) is 0.166. The Labute approximate surface area is 123 Å². The first-order chi connectivity index (χ1) is 9.95. The largest absolute Gasteiger partial charge is 0.456 e. The Morgan fingerprint density at radius 3 is 2.43 bits per heavy atom. The second kappa shape index (κ2) is 6.26. The second-order valence-electron chi connectivity index (χ2n) is 4.94. The van der Waals surface area contributed by atoms with Crippen LogP contribution in [0.25, 0.3) is 0 Å². The van der Waals surface area contributed by atoms with Gasteiger partial charge in [0.25, 0.3) is 5.91 Å². The molecule has 0 bridgehead atoms. The van der Waals surface area contributed by atoms with E-state index >= 15 is 0 Å². The standard InChI is InChI=1S/C16H18N2O3/c1-10-4-6-13(8-11(10)2)18-15(19)9-17-16(20)14-7-5-12(3)21-14/h4-8H,9H2,1-3H3,(H,17,20)(H,18,19). The van der Waals surface area contributed by atoms with Crippen LogP contribution >= 0.6 is 0 Å². The lowest BCUT2D eigenvalue weighted by Crippen LogP contribution is -2.32. The lowest BCUT2D eigenvalue weighted by Gasteiger charge is -2.08. The van der Waals surface area contributed by atoms with E-state index < -0.39 is 5.91 Å². The van der Waals surface area contributed by atoms with E-state index in [2.05, 4.69) is 10.6 Å². The van der Waals surface area contributed by atoms with E-state index in [0.717, 1.165) is 11.1 Å². The van der Waals surface area contributed by atoms with Gasteiger partial charge >= 0.3 is 0 Å². The molecule has 0 aliphatic rings. The summed E-state index contributed by atoms with van der Waals surface area (Å²) in [5, 5.41) is 5.25. The lowest BCUT2D eigenvalue weighted by atomic mass is 10.1. The number of carbonyl (C=O) groups is 2. The van der Waals surface area contributed by atoms with Gasteiger partial charge in [0.05, 0.1) is 6.54 Å². The van der Waals surface area contributed by atoms with Crippen molar-refractivity contribution in [2.45, 2.75) is 20.8 Å². The third kappa shape index (κ3) is 3.95. The van der Waals surface area contributed by atoms with Crippen LogP contribution in [0.5, 0.6) is 0 Å². The van der Waals surface area contributed by atoms with Gasteiger partial charge in [0.2, 0.25) is 5.91 Å². The molecule has 0 atom stereocenters. The van der Waals surface area contributed by atoms with Crippen LogP contribution in [0.15, 0.2) is 34.7 Å². The Kier molecular flexibility index (Phi) is 4.42. The van der Waals surface area contributed by atoms with Crippen molar-refractivity contribution in [1.82, 2.24) is 5.32 Å². The quantitative estimate of drug-likeness (QED) is 0.907. The van der Waals surface area contributed by atoms with Gasteiger partial charge in [-0.05, 0) is 56.2 Å². The summed E-state index contributed by atoms with van der Waals surface area (Å²) >= 11 is 0. The Morgan fingerprint density at radius 1 is 1.05 bits per heavy atom. The maximum Gasteiger partial charge on any atom is 0.287 e. The molecule has 5 nitrogen and oxygen atoms in total. The van der Waals surface area contributed by atoms with Crippen molar-refractivity contribution in [1.29, 1.82) is 0 Å². The molecule has 0 spiro atoms. The summed E-state index contributed by atoms with van der Waals surface area (Å²) in [5.41, 5.74) is 2.98. The van der Waals surface area contributed by atoms with Crippen molar-refractivity contribution in [3.63, 3.8) is 0 Å². The molecule has 1 heterocycles. The van der Waals surface area contributed by atoms with E-state index in [1.807, 2.05) is 32.0 Å². The van der Waals surface area contributed by atoms with Crippen LogP contribution < -0.4 is 10.6 Å². The highest BCUT2D eigenvalue weighted by Crippen LogP contribution is 2.13. The average Bonchev–Trinajstić information content (AvgIpc) is 2.87. The first-order valence-electron chi connectivity index (χ1n) is 6.67. The summed E-state index contributed by atoms with van der Waals surface area (Å²) in [4.78, 5) is 23.5. The van der Waals surface area contributed by atoms with Gasteiger partial charge in [-0.3, -0.25) is 9.59 Å². The van der Waals surface area contributed by atoms with Gasteiger partial charge in [0.15, 0.2) is 5.76 Å². The van der Waals surface area contributed by atoms with Crippen LogP contribution in [0.2, 0.25) is 0 Å². The average molecular weight is 286 g/mol. The van der Waals surface area contributed by atoms with Crippen LogP contribution in [0.3, 0.4) is 0 Å². The van der Waals surface area contributed by atoms with E-state index in [9.17, 15) is 9.59 Å². The number of furan rings is 1. The van der Waals surface area contributed by atoms with Gasteiger partial charge in [-0.1, -0.05) is 6.07 Å². The van der Waals surface area contributed by atoms with E-state index in [4.69, 9.17) is 4.42 Å². The van der Waals surface area contributed by atoms with Crippen molar-refractivity contribution >= 4 is 17.5 Å². The minimum Gasteiger partial charge on any atom is -0.456 e. The van der Waals surface area contributed by atoms with Gasteiger partial charge in [0, 0.05) is 5.69 Å². The molecule has 0 fully saturated rings. The Hall–Kier alpha value is -2.56. The minimum absolute atomic E-state index is 0.106. The third-order valence-corrected chi connectivity index (χ3v) is 3.16. The van der Waals surface area contributed by atoms with Crippen molar-refractivity contribution in [2.75, 3.05) is 11.9 Å². The van der Waals surface area contributed by atoms with Gasteiger partial charge in [-0.25, -0.2) is 0 Å². The van der Waals surface area contributed by atoms with E-state index in [1.165, 1.54) is 0 Å². The highest BCUT2D eigenvalue weighted by Gasteiger charge is 2.11. The SMILES string of the molecule is Cc1ccc(C(=O)NCC(=O)Nc2ccc(C)c(C)c2)o1. The van der Waals surface area contributed by atoms with Gasteiger partial charge in [-0.2, -0.15) is 0 Å². The van der Waals surface area contributed by atoms with Crippen LogP contribution in [0.1, 0.15) is 27.4 Å². The molecular formula is C16H18N2O3. The molecule has 0 radical (unpaired) electrons. The van der Waals surface area contributed by atoms with Crippen LogP contribution in [-0.2, 0) is 4.79 Å². The zero-order valence-corrected chi connectivity index (χ0v) is 12.3. The molecule has 21 heavy (non-hydrogen) atoms. The lowest BCUT2D eigenvalue weighted by molar-refractivity contribution is -0.115. The van der Waals surface area contributed by atoms with Crippen molar-refractivity contribution in [3.05, 3.63) is 53.0 Å². The number of hydrogen-bond acceptors (Lipinski definition) is 3. The van der Waals surface area contributed by atoms with Gasteiger partial charge in [0.1, 0.15) is 5.76 Å². The molecular weight excluding hydrogens is 268 g/mol. The fraction of sp³-hybridized carbons (Fsp3) is 0.250. The number of hydrogen-bond donors (Lipinski definition) is 2. The Morgan fingerprint density at radius 2 is 1.81 bits per heavy atom. The number of amides is 2. The molecule has 1 aromatic carbocycles. The minimum atomic E-state index is -0.404. The second-order valence-corrected chi connectivity index (χ2v) is 4.94. The molecule has 5 heteroatoms. The molecule has 0 aliphatic heterocycles. The molecule has 2 aromatic rings. The number of rotatable bonds is 4. The smallest absolute Gasteiger partial charge is 0.287 e. The molecule has 2 N–H and O–H groups in total. The van der Waals surface area contributed by atoms with E-state index in [1.54, 1.807) is 19.1 Å². The van der Waals surface area contributed by atoms with Gasteiger partial charge in [-0.15, -0.1) is 0 Å². The van der Waals surface area contributed by atoms with Crippen LogP contribution in [0, 0.1) is 20.8 Å². The molecule has 110 valence electrons. The predicted octanol–water partition coefficient (Wildman–Crippen LogP) is 2.57. The van der Waals surface area contributed by atoms with E-state index in [0.29, 0.717) is 11.4 Å². The maximum atomic E-state index is 11.8. The van der Waals surface area contributed by atoms with Crippen molar-refractivity contribution in [2.24, 2.45) is 0 Å². The first kappa shape index (κ1) is 14.8. The highest BCUT2D eigenvalue weighted by molar-refractivity contribution is 5.98. The molecule has 0 saturated carbocycles. The number of carbonyl (C=O) groups excluding carboxylic acids is 2. The Bertz CT molecular complexity index is 674. The van der Waals surface area contributed by atoms with Crippen LogP contribution in [-0.4, -0.2) is 18.4 Å². The summed E-state index contributed by atoms with van der Waals surface area (Å²) in [6, 6.07) is 8.94. The predicted molar refractivity (Wildman–Crippen MR) is 80.3 cm³/mol. The summed E-state index contributed by atoms with van der Waals surface area (Å²) < 4.78 is 5.18. The number of benzene rings is 1. The van der Waals surface area contributed by atoms with Crippen LogP contribution in [0.4, 0.5) is 5.69 Å². The number of nitrogens with one attached hydrogen (secondary N) is 2. The van der Waals surface area contributed by atoms with Crippen molar-refractivity contribution < 1.29 is 14.0 Å². The van der Waals surface area contributed by atoms with E-state index in [-0.39, 0.29) is 18.2 Å². The molecule has 2 rings (SSSR count). The van der Waals surface area contributed by atoms with Gasteiger partial charge < -0.3 is 15.1 Å². The highest BCUT2D eigenvalue weighted by atomic mass is 16.3. The molecule has 0 unspecified atom stereocenters. The van der Waals surface area contributed by atoms with Crippen molar-refractivity contribution in [3.8, 4) is 0 Å². The normalized spacial score (nSPS) is 10.2. The molecule has 0 saturated heterocycles. The monoisotopic (exact) mass is 286 g/mol. The first-order valence-corrected chi connectivity index (χ1v) is 6.67. The number of aryl methyl sites for hydroxylation is 3. The zero-order chi connectivity index (χ0) is 15.4. The fourth-order valence-electron chi connectivity index (χ4n) is 1.83. The summed E-state index contributed by atoms with van der Waals surface area (Å²) in [6.07, 6.45) is 0. The zero-order valence-electron chi connectivity index (χ0n) is 12.3. The maximum absolute atomic E-state index is 11.8. The summed E-state index contributed by atoms with van der Waals surface area (Å²) in [7, 11) is 0. The Balaban J connectivity index is 1.87.